The third-order valence-electron chi connectivity index (χ3n) is 3.11. The zero-order valence-corrected chi connectivity index (χ0v) is 11.4. The number of imidazole rings is 1. The van der Waals surface area contributed by atoms with Crippen LogP contribution in [0, 0.1) is 13.8 Å². The van der Waals surface area contributed by atoms with Gasteiger partial charge in [-0.1, -0.05) is 25.5 Å². The molecule has 0 bridgehead atoms. The summed E-state index contributed by atoms with van der Waals surface area (Å²) in [5.74, 6) is 0.928. The topological polar surface area (TPSA) is 29.9 Å². The Morgan fingerprint density at radius 3 is 2.89 bits per heavy atom. The molecule has 3 nitrogen and oxygen atoms in total. The highest BCUT2D eigenvalue weighted by Crippen LogP contribution is 2.21. The van der Waals surface area contributed by atoms with Gasteiger partial charge in [-0.2, -0.15) is 0 Å². The number of aryl methyl sites for hydroxylation is 3. The molecule has 3 heteroatoms. The lowest BCUT2D eigenvalue weighted by Gasteiger charge is -2.12. The summed E-state index contributed by atoms with van der Waals surface area (Å²) in [5.41, 5.74) is 3.64. The van der Waals surface area contributed by atoms with Crippen LogP contribution in [-0.2, 0) is 6.54 Å². The van der Waals surface area contributed by atoms with E-state index in [1.54, 1.807) is 0 Å². The first-order chi connectivity index (χ1) is 8.70. The van der Waals surface area contributed by atoms with Gasteiger partial charge in [0, 0.05) is 24.6 Å². The van der Waals surface area contributed by atoms with Crippen LogP contribution in [0.1, 0.15) is 30.9 Å². The Bertz CT molecular complexity index is 514. The molecule has 0 saturated heterocycles. The molecule has 0 amide bonds. The predicted octanol–water partition coefficient (Wildman–Crippen LogP) is 4.04. The van der Waals surface area contributed by atoms with Crippen LogP contribution in [0.25, 0.3) is 0 Å². The number of hydrogen-bond acceptors (Lipinski definition) is 2. The van der Waals surface area contributed by atoms with Crippen LogP contribution in [0.2, 0.25) is 0 Å². The molecule has 96 valence electrons. The first-order valence-electron chi connectivity index (χ1n) is 6.56. The lowest BCUT2D eigenvalue weighted by molar-refractivity contribution is 0.638. The van der Waals surface area contributed by atoms with Gasteiger partial charge in [0.15, 0.2) is 0 Å². The number of benzene rings is 1. The molecule has 0 aliphatic heterocycles. The monoisotopic (exact) mass is 243 g/mol. The molecular formula is C15H21N3. The number of aromatic nitrogens is 2. The highest BCUT2D eigenvalue weighted by atomic mass is 15.2. The minimum atomic E-state index is 0.928. The number of rotatable bonds is 5. The lowest BCUT2D eigenvalue weighted by atomic mass is 10.1. The van der Waals surface area contributed by atoms with Gasteiger partial charge >= 0.3 is 0 Å². The second kappa shape index (κ2) is 5.71. The van der Waals surface area contributed by atoms with Gasteiger partial charge in [0.25, 0.3) is 0 Å². The van der Waals surface area contributed by atoms with E-state index in [2.05, 4.69) is 53.8 Å². The third-order valence-corrected chi connectivity index (χ3v) is 3.11. The zero-order chi connectivity index (χ0) is 13.0. The van der Waals surface area contributed by atoms with Crippen molar-refractivity contribution in [2.75, 3.05) is 5.32 Å². The smallest absolute Gasteiger partial charge is 0.207 e. The molecular weight excluding hydrogens is 222 g/mol. The SMILES string of the molecule is CCCCn1ccnc1Nc1cc(C)ccc1C. The molecule has 1 N–H and O–H groups in total. The van der Waals surface area contributed by atoms with E-state index in [-0.39, 0.29) is 0 Å². The highest BCUT2D eigenvalue weighted by molar-refractivity contribution is 5.59. The summed E-state index contributed by atoms with van der Waals surface area (Å²) in [6.07, 6.45) is 6.26. The molecule has 0 atom stereocenters. The van der Waals surface area contributed by atoms with Gasteiger partial charge in [-0.25, -0.2) is 4.98 Å². The van der Waals surface area contributed by atoms with Crippen LogP contribution in [-0.4, -0.2) is 9.55 Å². The molecule has 0 fully saturated rings. The second-order valence-corrected chi connectivity index (χ2v) is 4.74. The maximum absolute atomic E-state index is 4.39. The van der Waals surface area contributed by atoms with Gasteiger partial charge in [-0.15, -0.1) is 0 Å². The zero-order valence-electron chi connectivity index (χ0n) is 11.4. The molecule has 0 aliphatic carbocycles. The Kier molecular flexibility index (Phi) is 4.03. The van der Waals surface area contributed by atoms with Gasteiger partial charge in [0.2, 0.25) is 5.95 Å². The molecule has 2 aromatic rings. The van der Waals surface area contributed by atoms with Crippen LogP contribution in [0.5, 0.6) is 0 Å². The summed E-state index contributed by atoms with van der Waals surface area (Å²) in [7, 11) is 0. The second-order valence-electron chi connectivity index (χ2n) is 4.74. The average Bonchev–Trinajstić information content (AvgIpc) is 2.79. The van der Waals surface area contributed by atoms with Crippen LogP contribution < -0.4 is 5.32 Å². The van der Waals surface area contributed by atoms with Crippen molar-refractivity contribution >= 4 is 11.6 Å². The number of anilines is 2. The first-order valence-corrected chi connectivity index (χ1v) is 6.56. The normalized spacial score (nSPS) is 10.6. The van der Waals surface area contributed by atoms with Crippen molar-refractivity contribution in [1.82, 2.24) is 9.55 Å². The Hall–Kier alpha value is -1.77. The van der Waals surface area contributed by atoms with Gasteiger partial charge < -0.3 is 9.88 Å². The number of unbranched alkanes of at least 4 members (excludes halogenated alkanes) is 1. The van der Waals surface area contributed by atoms with E-state index in [0.717, 1.165) is 18.2 Å². The molecule has 1 aromatic carbocycles. The van der Waals surface area contributed by atoms with Gasteiger partial charge in [0.05, 0.1) is 0 Å². The fourth-order valence-corrected chi connectivity index (χ4v) is 1.93. The van der Waals surface area contributed by atoms with E-state index in [1.165, 1.54) is 24.0 Å². The minimum absolute atomic E-state index is 0.928. The standard InChI is InChI=1S/C15H21N3/c1-4-5-9-18-10-8-16-15(18)17-14-11-12(2)6-7-13(14)3/h6-8,10-11H,4-5,9H2,1-3H3,(H,16,17). The Morgan fingerprint density at radius 2 is 2.11 bits per heavy atom. The van der Waals surface area contributed by atoms with Crippen molar-refractivity contribution in [2.24, 2.45) is 0 Å². The van der Waals surface area contributed by atoms with Crippen LogP contribution >= 0.6 is 0 Å². The predicted molar refractivity (Wildman–Crippen MR) is 76.3 cm³/mol. The van der Waals surface area contributed by atoms with E-state index in [1.807, 2.05) is 12.4 Å². The Balaban J connectivity index is 2.18. The maximum atomic E-state index is 4.39. The molecule has 2 rings (SSSR count). The largest absolute Gasteiger partial charge is 0.325 e. The van der Waals surface area contributed by atoms with E-state index in [0.29, 0.717) is 0 Å². The van der Waals surface area contributed by atoms with Crippen molar-refractivity contribution in [3.63, 3.8) is 0 Å². The van der Waals surface area contributed by atoms with Crippen molar-refractivity contribution in [3.05, 3.63) is 41.7 Å². The number of nitrogens with one attached hydrogen (secondary N) is 1. The molecule has 1 aromatic heterocycles. The quantitative estimate of drug-likeness (QED) is 0.858. The highest BCUT2D eigenvalue weighted by Gasteiger charge is 2.04. The Labute approximate surface area is 109 Å². The Morgan fingerprint density at radius 1 is 1.28 bits per heavy atom. The van der Waals surface area contributed by atoms with E-state index in [9.17, 15) is 0 Å². The fourth-order valence-electron chi connectivity index (χ4n) is 1.93. The van der Waals surface area contributed by atoms with Crippen LogP contribution in [0.15, 0.2) is 30.6 Å². The molecule has 0 unspecified atom stereocenters. The summed E-state index contributed by atoms with van der Waals surface area (Å²) in [6.45, 7) is 7.44. The van der Waals surface area contributed by atoms with E-state index >= 15 is 0 Å². The lowest BCUT2D eigenvalue weighted by Crippen LogP contribution is -2.04. The van der Waals surface area contributed by atoms with Gasteiger partial charge in [0.1, 0.15) is 0 Å². The average molecular weight is 243 g/mol. The summed E-state index contributed by atoms with van der Waals surface area (Å²) in [4.78, 5) is 4.39. The van der Waals surface area contributed by atoms with Gasteiger partial charge in [-0.05, 0) is 37.5 Å². The minimum Gasteiger partial charge on any atom is -0.325 e. The van der Waals surface area contributed by atoms with E-state index in [4.69, 9.17) is 0 Å². The first kappa shape index (κ1) is 12.7. The molecule has 1 heterocycles. The van der Waals surface area contributed by atoms with Crippen LogP contribution in [0.3, 0.4) is 0 Å². The van der Waals surface area contributed by atoms with Crippen molar-refractivity contribution in [3.8, 4) is 0 Å². The molecule has 0 aliphatic rings. The maximum Gasteiger partial charge on any atom is 0.207 e. The molecule has 0 saturated carbocycles. The summed E-state index contributed by atoms with van der Waals surface area (Å²) in [6, 6.07) is 6.43. The summed E-state index contributed by atoms with van der Waals surface area (Å²) in [5, 5.41) is 3.42. The van der Waals surface area contributed by atoms with Crippen molar-refractivity contribution < 1.29 is 0 Å². The summed E-state index contributed by atoms with van der Waals surface area (Å²) >= 11 is 0. The van der Waals surface area contributed by atoms with Crippen molar-refractivity contribution in [1.29, 1.82) is 0 Å². The fraction of sp³-hybridized carbons (Fsp3) is 0.400. The molecule has 0 spiro atoms. The van der Waals surface area contributed by atoms with Crippen molar-refractivity contribution in [2.45, 2.75) is 40.2 Å². The summed E-state index contributed by atoms with van der Waals surface area (Å²) < 4.78 is 2.17. The van der Waals surface area contributed by atoms with E-state index < -0.39 is 0 Å². The van der Waals surface area contributed by atoms with Gasteiger partial charge in [-0.3, -0.25) is 0 Å². The molecule has 18 heavy (non-hydrogen) atoms. The number of hydrogen-bond donors (Lipinski definition) is 1. The third kappa shape index (κ3) is 2.92. The molecule has 0 radical (unpaired) electrons. The van der Waals surface area contributed by atoms with Crippen LogP contribution in [0.4, 0.5) is 11.6 Å². The number of nitrogens with zero attached hydrogens (tertiary/aromatic N) is 2.